The van der Waals surface area contributed by atoms with Crippen LogP contribution in [0.5, 0.6) is 0 Å². The van der Waals surface area contributed by atoms with Crippen molar-refractivity contribution in [2.24, 2.45) is 5.73 Å². The second-order valence-electron chi connectivity index (χ2n) is 4.31. The molecule has 3 N–H and O–H groups in total. The van der Waals surface area contributed by atoms with Crippen LogP contribution in [-0.4, -0.2) is 12.5 Å². The van der Waals surface area contributed by atoms with Crippen LogP contribution in [-0.2, 0) is 6.42 Å². The number of nitrogens with two attached hydrogens (primary N) is 1. The van der Waals surface area contributed by atoms with E-state index in [0.29, 0.717) is 22.8 Å². The lowest BCUT2D eigenvalue weighted by Gasteiger charge is -2.08. The van der Waals surface area contributed by atoms with Gasteiger partial charge in [-0.25, -0.2) is 0 Å². The van der Waals surface area contributed by atoms with Crippen molar-refractivity contribution in [2.45, 2.75) is 6.42 Å². The quantitative estimate of drug-likeness (QED) is 0.877. The number of amides is 1. The summed E-state index contributed by atoms with van der Waals surface area (Å²) in [4.78, 5) is 12.1. The third-order valence-corrected chi connectivity index (χ3v) is 3.75. The van der Waals surface area contributed by atoms with Gasteiger partial charge >= 0.3 is 0 Å². The second-order valence-corrected chi connectivity index (χ2v) is 5.60. The number of carbonyl (C=O) groups excluding carboxylic acids is 1. The van der Waals surface area contributed by atoms with E-state index in [1.165, 1.54) is 0 Å². The summed E-state index contributed by atoms with van der Waals surface area (Å²) in [5.41, 5.74) is 7.85. The standard InChI is InChI=1S/C15H14BrClN2O/c16-13-6-5-12(17)9-14(13)19-15(20)11-3-1-10(2-4-11)7-8-18/h1-6,9H,7-8,18H2,(H,19,20). The maximum Gasteiger partial charge on any atom is 0.255 e. The molecule has 0 fully saturated rings. The molecule has 0 atom stereocenters. The zero-order valence-electron chi connectivity index (χ0n) is 10.7. The maximum absolute atomic E-state index is 12.1. The number of carbonyl (C=O) groups is 1. The van der Waals surface area contributed by atoms with E-state index in [2.05, 4.69) is 21.2 Å². The summed E-state index contributed by atoms with van der Waals surface area (Å²) < 4.78 is 0.787. The summed E-state index contributed by atoms with van der Waals surface area (Å²) in [5.74, 6) is -0.174. The van der Waals surface area contributed by atoms with Crippen LogP contribution in [0.1, 0.15) is 15.9 Å². The summed E-state index contributed by atoms with van der Waals surface area (Å²) in [6.45, 7) is 0.598. The molecule has 0 saturated carbocycles. The van der Waals surface area contributed by atoms with Gasteiger partial charge in [0, 0.05) is 15.1 Å². The molecule has 0 unspecified atom stereocenters. The highest BCUT2D eigenvalue weighted by atomic mass is 79.9. The molecule has 2 aromatic rings. The minimum atomic E-state index is -0.174. The summed E-state index contributed by atoms with van der Waals surface area (Å²) in [7, 11) is 0. The predicted molar refractivity (Wildman–Crippen MR) is 86.3 cm³/mol. The van der Waals surface area contributed by atoms with Crippen molar-refractivity contribution in [3.05, 3.63) is 63.1 Å². The normalized spacial score (nSPS) is 10.3. The molecular weight excluding hydrogens is 340 g/mol. The summed E-state index contributed by atoms with van der Waals surface area (Å²) in [6.07, 6.45) is 0.807. The van der Waals surface area contributed by atoms with E-state index in [1.54, 1.807) is 30.3 Å². The lowest BCUT2D eigenvalue weighted by atomic mass is 10.1. The number of benzene rings is 2. The lowest BCUT2D eigenvalue weighted by Crippen LogP contribution is -2.12. The van der Waals surface area contributed by atoms with Crippen molar-refractivity contribution >= 4 is 39.1 Å². The van der Waals surface area contributed by atoms with Crippen LogP contribution in [0.2, 0.25) is 5.02 Å². The van der Waals surface area contributed by atoms with E-state index in [9.17, 15) is 4.79 Å². The Morgan fingerprint density at radius 3 is 2.55 bits per heavy atom. The Morgan fingerprint density at radius 1 is 1.20 bits per heavy atom. The lowest BCUT2D eigenvalue weighted by molar-refractivity contribution is 0.102. The number of halogens is 2. The highest BCUT2D eigenvalue weighted by Crippen LogP contribution is 2.26. The van der Waals surface area contributed by atoms with Gasteiger partial charge in [-0.05, 0) is 64.8 Å². The first kappa shape index (κ1) is 15.0. The van der Waals surface area contributed by atoms with Gasteiger partial charge in [-0.15, -0.1) is 0 Å². The SMILES string of the molecule is NCCc1ccc(C(=O)Nc2cc(Cl)ccc2Br)cc1. The average Bonchev–Trinajstić information content (AvgIpc) is 2.44. The van der Waals surface area contributed by atoms with E-state index >= 15 is 0 Å². The molecule has 20 heavy (non-hydrogen) atoms. The first-order chi connectivity index (χ1) is 9.60. The Balaban J connectivity index is 2.13. The van der Waals surface area contributed by atoms with E-state index in [0.717, 1.165) is 16.5 Å². The Labute approximate surface area is 131 Å². The first-order valence-electron chi connectivity index (χ1n) is 6.15. The van der Waals surface area contributed by atoms with Gasteiger partial charge in [-0.3, -0.25) is 4.79 Å². The van der Waals surface area contributed by atoms with Gasteiger partial charge in [0.2, 0.25) is 0 Å². The molecule has 0 radical (unpaired) electrons. The monoisotopic (exact) mass is 352 g/mol. The molecule has 0 bridgehead atoms. The largest absolute Gasteiger partial charge is 0.330 e. The fourth-order valence-corrected chi connectivity index (χ4v) is 2.30. The molecule has 3 nitrogen and oxygen atoms in total. The number of rotatable bonds is 4. The molecule has 0 aliphatic rings. The van der Waals surface area contributed by atoms with Crippen molar-refractivity contribution in [1.82, 2.24) is 0 Å². The molecule has 104 valence electrons. The van der Waals surface area contributed by atoms with Crippen molar-refractivity contribution in [1.29, 1.82) is 0 Å². The molecule has 0 aliphatic carbocycles. The third kappa shape index (κ3) is 3.82. The van der Waals surface area contributed by atoms with Gasteiger partial charge in [0.1, 0.15) is 0 Å². The van der Waals surface area contributed by atoms with Crippen LogP contribution in [0, 0.1) is 0 Å². The van der Waals surface area contributed by atoms with Gasteiger partial charge in [-0.2, -0.15) is 0 Å². The third-order valence-electron chi connectivity index (χ3n) is 2.83. The summed E-state index contributed by atoms with van der Waals surface area (Å²) in [5, 5.41) is 3.39. The van der Waals surface area contributed by atoms with E-state index in [1.807, 2.05) is 12.1 Å². The zero-order valence-corrected chi connectivity index (χ0v) is 13.0. The van der Waals surface area contributed by atoms with Crippen LogP contribution in [0.25, 0.3) is 0 Å². The zero-order chi connectivity index (χ0) is 14.5. The van der Waals surface area contributed by atoms with Gasteiger partial charge in [0.25, 0.3) is 5.91 Å². The molecule has 0 saturated heterocycles. The number of hydrogen-bond acceptors (Lipinski definition) is 2. The van der Waals surface area contributed by atoms with Gasteiger partial charge in [-0.1, -0.05) is 23.7 Å². The van der Waals surface area contributed by atoms with Crippen LogP contribution < -0.4 is 11.1 Å². The molecular formula is C15H14BrClN2O. The van der Waals surface area contributed by atoms with Crippen molar-refractivity contribution < 1.29 is 4.79 Å². The Kier molecular flexibility index (Phi) is 5.17. The molecule has 0 aromatic heterocycles. The first-order valence-corrected chi connectivity index (χ1v) is 7.32. The predicted octanol–water partition coefficient (Wildman–Crippen LogP) is 3.86. The molecule has 0 heterocycles. The van der Waals surface area contributed by atoms with E-state index in [4.69, 9.17) is 17.3 Å². The topological polar surface area (TPSA) is 55.1 Å². The van der Waals surface area contributed by atoms with Crippen LogP contribution >= 0.6 is 27.5 Å². The Hall–Kier alpha value is -1.36. The molecule has 2 aromatic carbocycles. The number of hydrogen-bond donors (Lipinski definition) is 2. The molecule has 5 heteroatoms. The average molecular weight is 354 g/mol. The number of nitrogens with one attached hydrogen (secondary N) is 1. The summed E-state index contributed by atoms with van der Waals surface area (Å²) in [6, 6.07) is 12.7. The fourth-order valence-electron chi connectivity index (χ4n) is 1.78. The Morgan fingerprint density at radius 2 is 1.90 bits per heavy atom. The molecule has 1 amide bonds. The second kappa shape index (κ2) is 6.88. The van der Waals surface area contributed by atoms with Gasteiger partial charge < -0.3 is 11.1 Å². The maximum atomic E-state index is 12.1. The highest BCUT2D eigenvalue weighted by molar-refractivity contribution is 9.10. The minimum Gasteiger partial charge on any atom is -0.330 e. The van der Waals surface area contributed by atoms with Gasteiger partial charge in [0.05, 0.1) is 5.69 Å². The van der Waals surface area contributed by atoms with Crippen molar-refractivity contribution in [2.75, 3.05) is 11.9 Å². The number of anilines is 1. The van der Waals surface area contributed by atoms with Crippen molar-refractivity contribution in [3.8, 4) is 0 Å². The molecule has 0 spiro atoms. The summed E-state index contributed by atoms with van der Waals surface area (Å²) >= 11 is 9.29. The highest BCUT2D eigenvalue weighted by Gasteiger charge is 2.08. The molecule has 2 rings (SSSR count). The van der Waals surface area contributed by atoms with Crippen molar-refractivity contribution in [3.63, 3.8) is 0 Å². The smallest absolute Gasteiger partial charge is 0.255 e. The van der Waals surface area contributed by atoms with E-state index < -0.39 is 0 Å². The fraction of sp³-hybridized carbons (Fsp3) is 0.133. The minimum absolute atomic E-state index is 0.174. The van der Waals surface area contributed by atoms with Crippen LogP contribution in [0.3, 0.4) is 0 Å². The van der Waals surface area contributed by atoms with E-state index in [-0.39, 0.29) is 5.91 Å². The Bertz CT molecular complexity index is 614. The van der Waals surface area contributed by atoms with Gasteiger partial charge in [0.15, 0.2) is 0 Å². The molecule has 0 aliphatic heterocycles. The van der Waals surface area contributed by atoms with Crippen LogP contribution in [0.4, 0.5) is 5.69 Å². The van der Waals surface area contributed by atoms with Crippen LogP contribution in [0.15, 0.2) is 46.9 Å².